The Bertz CT molecular complexity index is 1070. The summed E-state index contributed by atoms with van der Waals surface area (Å²) in [5.74, 6) is -0.00698. The number of aromatic nitrogens is 3. The fourth-order valence-electron chi connectivity index (χ4n) is 5.12. The summed E-state index contributed by atoms with van der Waals surface area (Å²) in [5, 5.41) is 12.3. The molecule has 3 aromatic rings. The molecule has 166 valence electrons. The summed E-state index contributed by atoms with van der Waals surface area (Å²) < 4.78 is 1.70. The molecule has 0 aliphatic carbocycles. The number of fused-ring (bicyclic) bond motifs is 2. The summed E-state index contributed by atoms with van der Waals surface area (Å²) in [6.07, 6.45) is 5.74. The lowest BCUT2D eigenvalue weighted by molar-refractivity contribution is -0.118. The van der Waals surface area contributed by atoms with Gasteiger partial charge in [0, 0.05) is 0 Å². The molecule has 3 heterocycles. The number of carbonyl (C=O) groups excluding carboxylic acids is 1. The maximum atomic E-state index is 13.7. The van der Waals surface area contributed by atoms with Crippen molar-refractivity contribution in [1.29, 1.82) is 0 Å². The van der Waals surface area contributed by atoms with Crippen LogP contribution in [0.25, 0.3) is 0 Å². The summed E-state index contributed by atoms with van der Waals surface area (Å²) in [4.78, 5) is 17.8. The first kappa shape index (κ1) is 20.8. The molecule has 2 aliphatic heterocycles. The van der Waals surface area contributed by atoms with Crippen LogP contribution >= 0.6 is 0 Å². The molecule has 0 radical (unpaired) electrons. The lowest BCUT2D eigenvalue weighted by Crippen LogP contribution is -2.49. The fraction of sp³-hybridized carbons (Fsp3) is 0.400. The van der Waals surface area contributed by atoms with Crippen LogP contribution in [0.1, 0.15) is 29.7 Å². The molecule has 2 aromatic carbocycles. The third-order valence-corrected chi connectivity index (χ3v) is 6.98. The molecule has 1 amide bonds. The number of nitrogens with zero attached hydrogens (tertiary/aromatic N) is 5. The first-order chi connectivity index (χ1) is 15.6. The summed E-state index contributed by atoms with van der Waals surface area (Å²) in [6, 6.07) is 16.4. The number of nitrogens with one attached hydrogen (secondary N) is 1. The monoisotopic (exact) mass is 430 g/mol. The molecule has 5 rings (SSSR count). The predicted molar refractivity (Wildman–Crippen MR) is 125 cm³/mol. The van der Waals surface area contributed by atoms with Gasteiger partial charge in [-0.3, -0.25) is 14.6 Å². The molecule has 0 saturated carbocycles. The Kier molecular flexibility index (Phi) is 5.53. The van der Waals surface area contributed by atoms with Crippen LogP contribution in [0.3, 0.4) is 0 Å². The predicted octanol–water partition coefficient (Wildman–Crippen LogP) is 2.88. The fourth-order valence-corrected chi connectivity index (χ4v) is 5.12. The number of carbonyl (C=O) groups is 1. The van der Waals surface area contributed by atoms with Gasteiger partial charge >= 0.3 is 0 Å². The van der Waals surface area contributed by atoms with Crippen LogP contribution in [-0.2, 0) is 29.7 Å². The van der Waals surface area contributed by atoms with E-state index in [2.05, 4.69) is 46.8 Å². The summed E-state index contributed by atoms with van der Waals surface area (Å²) in [6.45, 7) is 2.05. The molecule has 32 heavy (non-hydrogen) atoms. The van der Waals surface area contributed by atoms with Crippen molar-refractivity contribution in [2.24, 2.45) is 0 Å². The molecule has 0 bridgehead atoms. The van der Waals surface area contributed by atoms with Crippen LogP contribution in [0.15, 0.2) is 54.7 Å². The summed E-state index contributed by atoms with van der Waals surface area (Å²) in [5.41, 5.74) is 5.11. The van der Waals surface area contributed by atoms with E-state index >= 15 is 0 Å². The number of rotatable bonds is 4. The van der Waals surface area contributed by atoms with E-state index in [1.165, 1.54) is 11.1 Å². The lowest BCUT2D eigenvalue weighted by Gasteiger charge is -2.41. The number of anilines is 2. The van der Waals surface area contributed by atoms with Gasteiger partial charge in [0.1, 0.15) is 12.2 Å². The van der Waals surface area contributed by atoms with Gasteiger partial charge in [-0.15, -0.1) is 5.10 Å². The van der Waals surface area contributed by atoms with Crippen molar-refractivity contribution < 1.29 is 4.79 Å². The van der Waals surface area contributed by atoms with Gasteiger partial charge in [-0.2, -0.15) is 0 Å². The smallest absolute Gasteiger partial charge is 0.253 e. The topological polar surface area (TPSA) is 66.3 Å². The molecule has 7 heteroatoms. The molecule has 7 nitrogen and oxygen atoms in total. The van der Waals surface area contributed by atoms with Crippen molar-refractivity contribution in [3.63, 3.8) is 0 Å². The van der Waals surface area contributed by atoms with Gasteiger partial charge in [0.2, 0.25) is 0 Å². The first-order valence-electron chi connectivity index (χ1n) is 11.4. The van der Waals surface area contributed by atoms with E-state index in [1.807, 2.05) is 47.5 Å². The lowest BCUT2D eigenvalue weighted by atomic mass is 9.84. The average Bonchev–Trinajstić information content (AvgIpc) is 3.21. The van der Waals surface area contributed by atoms with Gasteiger partial charge in [-0.05, 0) is 76.1 Å². The zero-order chi connectivity index (χ0) is 22.1. The Labute approximate surface area is 189 Å². The van der Waals surface area contributed by atoms with Crippen LogP contribution in [0, 0.1) is 0 Å². The van der Waals surface area contributed by atoms with Crippen molar-refractivity contribution in [2.75, 3.05) is 32.1 Å². The molecule has 0 spiro atoms. The number of para-hydroxylation sites is 2. The molecular formula is C25H30N6O. The molecule has 1 saturated heterocycles. The molecule has 0 unspecified atom stereocenters. The number of amides is 1. The zero-order valence-corrected chi connectivity index (χ0v) is 18.8. The van der Waals surface area contributed by atoms with E-state index in [9.17, 15) is 4.79 Å². The minimum Gasteiger partial charge on any atom is -0.317 e. The Morgan fingerprint density at radius 3 is 2.19 bits per heavy atom. The standard InChI is InChI=1S/C25H30N6O/c1-29(2)25(13-15-26-16-14-25)23-17-30(28-27-23)18-24(32)31-21-9-5-3-7-19(21)11-12-20-8-4-6-10-22(20)31/h3-10,17,26H,11-16,18H2,1-2H3. The second-order valence-corrected chi connectivity index (χ2v) is 8.96. The summed E-state index contributed by atoms with van der Waals surface area (Å²) in [7, 11) is 4.20. The Morgan fingerprint density at radius 2 is 1.59 bits per heavy atom. The minimum absolute atomic E-state index is 0.00698. The first-order valence-corrected chi connectivity index (χ1v) is 11.4. The molecule has 0 atom stereocenters. The highest BCUT2D eigenvalue weighted by Crippen LogP contribution is 2.37. The van der Waals surface area contributed by atoms with Crippen molar-refractivity contribution in [3.8, 4) is 0 Å². The highest BCUT2D eigenvalue weighted by atomic mass is 16.2. The number of benzene rings is 2. The van der Waals surface area contributed by atoms with E-state index in [1.54, 1.807) is 4.68 Å². The van der Waals surface area contributed by atoms with Crippen LogP contribution in [0.4, 0.5) is 11.4 Å². The van der Waals surface area contributed by atoms with Crippen LogP contribution in [0.5, 0.6) is 0 Å². The van der Waals surface area contributed by atoms with Crippen LogP contribution < -0.4 is 10.2 Å². The third-order valence-electron chi connectivity index (χ3n) is 6.98. The van der Waals surface area contributed by atoms with Gasteiger partial charge in [0.05, 0.1) is 23.1 Å². The number of hydrogen-bond donors (Lipinski definition) is 1. The van der Waals surface area contributed by atoms with Crippen molar-refractivity contribution in [1.82, 2.24) is 25.2 Å². The highest BCUT2D eigenvalue weighted by Gasteiger charge is 2.39. The van der Waals surface area contributed by atoms with E-state index in [-0.39, 0.29) is 18.0 Å². The molecule has 1 N–H and O–H groups in total. The van der Waals surface area contributed by atoms with Gasteiger partial charge in [0.25, 0.3) is 5.91 Å². The SMILES string of the molecule is CN(C)C1(c2cn(CC(=O)N3c4ccccc4CCc4ccccc43)nn2)CCNCC1. The average molecular weight is 431 g/mol. The molecular weight excluding hydrogens is 400 g/mol. The minimum atomic E-state index is -0.144. The van der Waals surface area contributed by atoms with E-state index in [0.29, 0.717) is 0 Å². The second kappa shape index (κ2) is 8.48. The van der Waals surface area contributed by atoms with Crippen molar-refractivity contribution in [3.05, 3.63) is 71.5 Å². The number of hydrogen-bond acceptors (Lipinski definition) is 5. The van der Waals surface area contributed by atoms with Crippen LogP contribution in [-0.4, -0.2) is 53.0 Å². The van der Waals surface area contributed by atoms with Crippen molar-refractivity contribution in [2.45, 2.75) is 37.8 Å². The van der Waals surface area contributed by atoms with E-state index in [4.69, 9.17) is 0 Å². The van der Waals surface area contributed by atoms with Crippen molar-refractivity contribution >= 4 is 17.3 Å². The number of piperidine rings is 1. The maximum absolute atomic E-state index is 13.7. The maximum Gasteiger partial charge on any atom is 0.253 e. The van der Waals surface area contributed by atoms with Gasteiger partial charge in [0.15, 0.2) is 0 Å². The zero-order valence-electron chi connectivity index (χ0n) is 18.8. The molecule has 2 aliphatic rings. The van der Waals surface area contributed by atoms with Gasteiger partial charge in [-0.25, -0.2) is 4.68 Å². The van der Waals surface area contributed by atoms with E-state index < -0.39 is 0 Å². The highest BCUT2D eigenvalue weighted by molar-refractivity contribution is 6.02. The molecule has 1 aromatic heterocycles. The third kappa shape index (κ3) is 3.61. The quantitative estimate of drug-likeness (QED) is 0.690. The van der Waals surface area contributed by atoms with E-state index in [0.717, 1.165) is 55.8 Å². The Hall–Kier alpha value is -3.03. The van der Waals surface area contributed by atoms with Crippen LogP contribution in [0.2, 0.25) is 0 Å². The Balaban J connectivity index is 1.46. The summed E-state index contributed by atoms with van der Waals surface area (Å²) >= 11 is 0. The van der Waals surface area contributed by atoms with Gasteiger partial charge in [-0.1, -0.05) is 41.6 Å². The number of aryl methyl sites for hydroxylation is 2. The molecule has 1 fully saturated rings. The largest absolute Gasteiger partial charge is 0.317 e. The second-order valence-electron chi connectivity index (χ2n) is 8.96. The Morgan fingerprint density at radius 1 is 1.00 bits per heavy atom. The van der Waals surface area contributed by atoms with Gasteiger partial charge < -0.3 is 5.32 Å². The normalized spacial score (nSPS) is 17.5.